The van der Waals surface area contributed by atoms with Crippen LogP contribution in [0.2, 0.25) is 0 Å². The Hall–Kier alpha value is -2.87. The van der Waals surface area contributed by atoms with Crippen molar-refractivity contribution in [2.24, 2.45) is 0 Å². The largest absolute Gasteiger partial charge is 0.382 e. The fourth-order valence-corrected chi connectivity index (χ4v) is 4.31. The number of unbranched alkanes of at least 4 members (excludes halogenated alkanes) is 1. The molecule has 0 spiro atoms. The van der Waals surface area contributed by atoms with Crippen LogP contribution in [0, 0.1) is 0 Å². The second-order valence-corrected chi connectivity index (χ2v) is 8.42. The van der Waals surface area contributed by atoms with E-state index in [2.05, 4.69) is 56.7 Å². The molecule has 1 unspecified atom stereocenters. The van der Waals surface area contributed by atoms with Crippen molar-refractivity contribution in [3.63, 3.8) is 0 Å². The van der Waals surface area contributed by atoms with Crippen molar-refractivity contribution in [3.8, 4) is 0 Å². The summed E-state index contributed by atoms with van der Waals surface area (Å²) in [7, 11) is 0. The van der Waals surface area contributed by atoms with Crippen LogP contribution in [0.3, 0.4) is 0 Å². The predicted molar refractivity (Wildman–Crippen MR) is 125 cm³/mol. The molecule has 1 saturated heterocycles. The molecule has 8 nitrogen and oxygen atoms in total. The van der Waals surface area contributed by atoms with Crippen LogP contribution in [0.15, 0.2) is 24.3 Å². The lowest BCUT2D eigenvalue weighted by Gasteiger charge is -2.27. The van der Waals surface area contributed by atoms with Crippen molar-refractivity contribution in [2.45, 2.75) is 58.3 Å². The van der Waals surface area contributed by atoms with Gasteiger partial charge in [0.2, 0.25) is 5.95 Å². The first-order valence-corrected chi connectivity index (χ1v) is 11.4. The standard InChI is InChI=1S/C23H33N7O/c1-2-3-10-25-23-27-21(24)20-22(28-23)30(19(16-31)26-20)15-18-9-7-8-17(13-18)14-29-11-5-4-6-12-29/h7-9,13,16,19,26H,2-6,10-12,14-15H2,1H3,(H3,24,25,27,28). The summed E-state index contributed by atoms with van der Waals surface area (Å²) in [5.74, 6) is 1.53. The Kier molecular flexibility index (Phi) is 6.86. The van der Waals surface area contributed by atoms with Gasteiger partial charge in [0.15, 0.2) is 24.1 Å². The number of piperidine rings is 1. The number of benzene rings is 1. The summed E-state index contributed by atoms with van der Waals surface area (Å²) in [6, 6.07) is 8.62. The minimum atomic E-state index is -0.511. The van der Waals surface area contributed by atoms with E-state index in [0.717, 1.165) is 37.8 Å². The molecule has 31 heavy (non-hydrogen) atoms. The zero-order chi connectivity index (χ0) is 21.6. The maximum atomic E-state index is 11.8. The Morgan fingerprint density at radius 1 is 1.19 bits per heavy atom. The van der Waals surface area contributed by atoms with E-state index in [0.29, 0.717) is 29.8 Å². The Balaban J connectivity index is 1.52. The van der Waals surface area contributed by atoms with Crippen molar-refractivity contribution in [3.05, 3.63) is 35.4 Å². The molecule has 0 radical (unpaired) electrons. The van der Waals surface area contributed by atoms with Crippen LogP contribution in [-0.2, 0) is 17.9 Å². The van der Waals surface area contributed by atoms with Gasteiger partial charge in [-0.1, -0.05) is 44.0 Å². The quantitative estimate of drug-likeness (QED) is 0.418. The van der Waals surface area contributed by atoms with Crippen LogP contribution in [0.4, 0.5) is 23.3 Å². The highest BCUT2D eigenvalue weighted by atomic mass is 16.1. The highest BCUT2D eigenvalue weighted by Gasteiger charge is 2.32. The topological polar surface area (TPSA) is 99.4 Å². The number of hydrogen-bond acceptors (Lipinski definition) is 8. The number of carbonyl (C=O) groups excluding carboxylic acids is 1. The summed E-state index contributed by atoms with van der Waals surface area (Å²) in [6.07, 6.45) is 6.40. The lowest BCUT2D eigenvalue weighted by atomic mass is 10.1. The van der Waals surface area contributed by atoms with Crippen LogP contribution in [0.1, 0.15) is 50.2 Å². The molecule has 0 bridgehead atoms. The Morgan fingerprint density at radius 3 is 2.71 bits per heavy atom. The number of rotatable bonds is 9. The van der Waals surface area contributed by atoms with E-state index in [1.165, 1.54) is 37.9 Å². The number of nitrogens with zero attached hydrogens (tertiary/aromatic N) is 4. The first-order valence-electron chi connectivity index (χ1n) is 11.4. The first kappa shape index (κ1) is 21.4. The summed E-state index contributed by atoms with van der Waals surface area (Å²) >= 11 is 0. The molecule has 166 valence electrons. The average Bonchev–Trinajstić information content (AvgIpc) is 3.13. The fraction of sp³-hybridized carbons (Fsp3) is 0.522. The number of nitrogens with one attached hydrogen (secondary N) is 2. The lowest BCUT2D eigenvalue weighted by molar-refractivity contribution is -0.108. The van der Waals surface area contributed by atoms with Gasteiger partial charge >= 0.3 is 0 Å². The van der Waals surface area contributed by atoms with Crippen molar-refractivity contribution in [1.29, 1.82) is 0 Å². The third-order valence-electron chi connectivity index (χ3n) is 5.96. The summed E-state index contributed by atoms with van der Waals surface area (Å²) in [5, 5.41) is 6.41. The second kappa shape index (κ2) is 9.96. The molecule has 1 aromatic heterocycles. The first-order chi connectivity index (χ1) is 15.2. The van der Waals surface area contributed by atoms with E-state index in [1.54, 1.807) is 0 Å². The zero-order valence-electron chi connectivity index (χ0n) is 18.3. The molecular formula is C23H33N7O. The van der Waals surface area contributed by atoms with Gasteiger partial charge in [-0.25, -0.2) is 0 Å². The van der Waals surface area contributed by atoms with Gasteiger partial charge in [0.05, 0.1) is 0 Å². The smallest absolute Gasteiger partial charge is 0.226 e. The van der Waals surface area contributed by atoms with E-state index in [-0.39, 0.29) is 0 Å². The zero-order valence-corrected chi connectivity index (χ0v) is 18.3. The molecular weight excluding hydrogens is 390 g/mol. The normalized spacial score (nSPS) is 18.5. The van der Waals surface area contributed by atoms with E-state index >= 15 is 0 Å². The minimum absolute atomic E-state index is 0.359. The van der Waals surface area contributed by atoms with Gasteiger partial charge in [-0.3, -0.25) is 9.69 Å². The number of carbonyl (C=O) groups is 1. The number of aldehydes is 1. The summed E-state index contributed by atoms with van der Waals surface area (Å²) in [6.45, 7) is 6.81. The van der Waals surface area contributed by atoms with Gasteiger partial charge in [0.1, 0.15) is 5.69 Å². The molecule has 8 heteroatoms. The van der Waals surface area contributed by atoms with Crippen LogP contribution in [0.25, 0.3) is 0 Å². The molecule has 2 aliphatic rings. The third kappa shape index (κ3) is 5.07. The molecule has 0 aliphatic carbocycles. The SMILES string of the molecule is CCCCNc1nc(N)c2c(n1)N(Cc1cccc(CN3CCCCC3)c1)C(C=O)N2. The van der Waals surface area contributed by atoms with Gasteiger partial charge in [0, 0.05) is 19.6 Å². The summed E-state index contributed by atoms with van der Waals surface area (Å²) in [4.78, 5) is 25.3. The highest BCUT2D eigenvalue weighted by Crippen LogP contribution is 2.37. The number of likely N-dealkylation sites (tertiary alicyclic amines) is 1. The highest BCUT2D eigenvalue weighted by molar-refractivity contribution is 5.88. The van der Waals surface area contributed by atoms with Crippen LogP contribution < -0.4 is 21.3 Å². The molecule has 0 amide bonds. The average molecular weight is 424 g/mol. The number of nitrogens with two attached hydrogens (primary N) is 1. The molecule has 1 fully saturated rings. The van der Waals surface area contributed by atoms with E-state index in [9.17, 15) is 4.79 Å². The summed E-state index contributed by atoms with van der Waals surface area (Å²) < 4.78 is 0. The van der Waals surface area contributed by atoms with Crippen molar-refractivity contribution in [1.82, 2.24) is 14.9 Å². The number of aromatic nitrogens is 2. The van der Waals surface area contributed by atoms with Gasteiger partial charge < -0.3 is 21.3 Å². The number of fused-ring (bicyclic) bond motifs is 1. The van der Waals surface area contributed by atoms with Crippen molar-refractivity contribution >= 4 is 29.6 Å². The Morgan fingerprint density at radius 2 is 1.97 bits per heavy atom. The van der Waals surface area contributed by atoms with Gasteiger partial charge in [0.25, 0.3) is 0 Å². The molecule has 4 rings (SSSR count). The van der Waals surface area contributed by atoms with Crippen LogP contribution >= 0.6 is 0 Å². The van der Waals surface area contributed by atoms with Gasteiger partial charge in [-0.05, 0) is 43.5 Å². The third-order valence-corrected chi connectivity index (χ3v) is 5.96. The summed E-state index contributed by atoms with van der Waals surface area (Å²) in [5.41, 5.74) is 9.25. The van der Waals surface area contributed by atoms with Crippen molar-refractivity contribution < 1.29 is 4.79 Å². The number of hydrogen-bond donors (Lipinski definition) is 3. The molecule has 2 aromatic rings. The van der Waals surface area contributed by atoms with Crippen molar-refractivity contribution in [2.75, 3.05) is 40.9 Å². The Labute approximate surface area is 184 Å². The molecule has 1 aromatic carbocycles. The monoisotopic (exact) mass is 423 g/mol. The fourth-order valence-electron chi connectivity index (χ4n) is 4.31. The molecule has 4 N–H and O–H groups in total. The van der Waals surface area contributed by atoms with E-state index in [1.807, 2.05) is 4.90 Å². The van der Waals surface area contributed by atoms with E-state index in [4.69, 9.17) is 5.73 Å². The number of anilines is 4. The minimum Gasteiger partial charge on any atom is -0.382 e. The van der Waals surface area contributed by atoms with E-state index < -0.39 is 6.17 Å². The predicted octanol–water partition coefficient (Wildman–Crippen LogP) is 3.21. The van der Waals surface area contributed by atoms with Crippen LogP contribution in [0.5, 0.6) is 0 Å². The number of nitrogen functional groups attached to an aromatic ring is 1. The maximum absolute atomic E-state index is 11.8. The maximum Gasteiger partial charge on any atom is 0.226 e. The molecule has 2 aliphatic heterocycles. The van der Waals surface area contributed by atoms with Gasteiger partial charge in [-0.15, -0.1) is 0 Å². The second-order valence-electron chi connectivity index (χ2n) is 8.42. The van der Waals surface area contributed by atoms with Crippen LogP contribution in [-0.4, -0.2) is 47.0 Å². The molecule has 3 heterocycles. The lowest BCUT2D eigenvalue weighted by Crippen LogP contribution is -2.36. The Bertz CT molecular complexity index is 897. The molecule has 1 atom stereocenters. The van der Waals surface area contributed by atoms with Gasteiger partial charge in [-0.2, -0.15) is 9.97 Å². The molecule has 0 saturated carbocycles.